The standard InChI is InChI=1S/C30H34FN7O/c1-21-18-23(19-22(2)34-21)20-36-16-10-30(31,11-17-36)29(39)37-14-8-24(9-15-37)38-27-26(7-5-13-33-27)35-28(38)25-6-3-4-12-32-25/h3-7,12-13,18-19,24H,8-11,14-17,20H2,1-2H3. The van der Waals surface area contributed by atoms with Crippen molar-refractivity contribution in [3.05, 3.63) is 71.8 Å². The van der Waals surface area contributed by atoms with Crippen LogP contribution in [-0.2, 0) is 11.3 Å². The molecule has 0 unspecified atom stereocenters. The molecule has 0 aliphatic carbocycles. The van der Waals surface area contributed by atoms with E-state index in [-0.39, 0.29) is 24.8 Å². The number of rotatable bonds is 5. The Morgan fingerprint density at radius 2 is 1.67 bits per heavy atom. The third-order valence-corrected chi connectivity index (χ3v) is 8.04. The number of fused-ring (bicyclic) bond motifs is 1. The van der Waals surface area contributed by atoms with Gasteiger partial charge < -0.3 is 9.47 Å². The Morgan fingerprint density at radius 1 is 0.949 bits per heavy atom. The maximum Gasteiger partial charge on any atom is 0.260 e. The smallest absolute Gasteiger partial charge is 0.260 e. The molecule has 0 N–H and O–H groups in total. The van der Waals surface area contributed by atoms with Crippen molar-refractivity contribution in [3.63, 3.8) is 0 Å². The van der Waals surface area contributed by atoms with Crippen LogP contribution in [0.15, 0.2) is 54.9 Å². The van der Waals surface area contributed by atoms with Crippen LogP contribution in [0.4, 0.5) is 4.39 Å². The highest BCUT2D eigenvalue weighted by atomic mass is 19.1. The SMILES string of the molecule is Cc1cc(CN2CCC(F)(C(=O)N3CCC(n4c(-c5ccccn5)nc5cccnc54)CC3)CC2)cc(C)n1. The summed E-state index contributed by atoms with van der Waals surface area (Å²) in [6.07, 6.45) is 5.44. The van der Waals surface area contributed by atoms with Crippen LogP contribution in [0.2, 0.25) is 0 Å². The van der Waals surface area contributed by atoms with Gasteiger partial charge in [-0.15, -0.1) is 0 Å². The summed E-state index contributed by atoms with van der Waals surface area (Å²) in [6.45, 7) is 6.91. The minimum absolute atomic E-state index is 0.107. The number of imidazole rings is 1. The molecule has 0 aromatic carbocycles. The number of hydrogen-bond donors (Lipinski definition) is 0. The molecule has 0 bridgehead atoms. The average Bonchev–Trinajstić information content (AvgIpc) is 3.34. The topological polar surface area (TPSA) is 80.0 Å². The predicted octanol–water partition coefficient (Wildman–Crippen LogP) is 4.67. The van der Waals surface area contributed by atoms with Crippen LogP contribution in [0, 0.1) is 13.8 Å². The molecule has 4 aromatic rings. The first-order valence-electron chi connectivity index (χ1n) is 13.8. The van der Waals surface area contributed by atoms with E-state index in [0.717, 1.165) is 53.5 Å². The van der Waals surface area contributed by atoms with Crippen molar-refractivity contribution in [3.8, 4) is 11.5 Å². The maximum atomic E-state index is 16.0. The van der Waals surface area contributed by atoms with E-state index in [1.54, 1.807) is 17.3 Å². The first-order valence-corrected chi connectivity index (χ1v) is 13.8. The largest absolute Gasteiger partial charge is 0.340 e. The van der Waals surface area contributed by atoms with Gasteiger partial charge in [-0.2, -0.15) is 0 Å². The zero-order valence-electron chi connectivity index (χ0n) is 22.6. The van der Waals surface area contributed by atoms with Gasteiger partial charge in [0, 0.05) is 75.4 Å². The number of carbonyl (C=O) groups is 1. The number of likely N-dealkylation sites (tertiary alicyclic amines) is 2. The molecule has 0 spiro atoms. The quantitative estimate of drug-likeness (QED) is 0.375. The molecule has 6 heterocycles. The van der Waals surface area contributed by atoms with Crippen LogP contribution < -0.4 is 0 Å². The number of nitrogens with zero attached hydrogens (tertiary/aromatic N) is 7. The highest BCUT2D eigenvalue weighted by Crippen LogP contribution is 2.35. The fourth-order valence-corrected chi connectivity index (χ4v) is 6.11. The van der Waals surface area contributed by atoms with E-state index in [4.69, 9.17) is 4.98 Å². The molecule has 8 nitrogen and oxygen atoms in total. The van der Waals surface area contributed by atoms with Crippen molar-refractivity contribution in [1.29, 1.82) is 0 Å². The summed E-state index contributed by atoms with van der Waals surface area (Å²) in [5, 5.41) is 0. The second-order valence-electron chi connectivity index (χ2n) is 10.9. The van der Waals surface area contributed by atoms with Crippen LogP contribution >= 0.6 is 0 Å². The van der Waals surface area contributed by atoms with E-state index in [0.29, 0.717) is 26.2 Å². The minimum Gasteiger partial charge on any atom is -0.340 e. The Kier molecular flexibility index (Phi) is 6.85. The first kappa shape index (κ1) is 25.6. The molecule has 2 fully saturated rings. The van der Waals surface area contributed by atoms with Crippen molar-refractivity contribution in [2.45, 2.75) is 57.8 Å². The zero-order valence-corrected chi connectivity index (χ0v) is 22.6. The van der Waals surface area contributed by atoms with Crippen LogP contribution in [0.3, 0.4) is 0 Å². The molecular formula is C30H34FN7O. The van der Waals surface area contributed by atoms with Crippen molar-refractivity contribution >= 4 is 17.1 Å². The summed E-state index contributed by atoms with van der Waals surface area (Å²) in [6, 6.07) is 13.9. The molecule has 6 rings (SSSR count). The fraction of sp³-hybridized carbons (Fsp3) is 0.433. The Hall–Kier alpha value is -3.72. The summed E-state index contributed by atoms with van der Waals surface area (Å²) in [5.74, 6) is 0.428. The van der Waals surface area contributed by atoms with E-state index >= 15 is 4.39 Å². The Balaban J connectivity index is 1.11. The molecular weight excluding hydrogens is 493 g/mol. The molecule has 2 saturated heterocycles. The van der Waals surface area contributed by atoms with Gasteiger partial charge in [-0.3, -0.25) is 19.7 Å². The van der Waals surface area contributed by atoms with Gasteiger partial charge in [-0.25, -0.2) is 14.4 Å². The number of hydrogen-bond acceptors (Lipinski definition) is 6. The van der Waals surface area contributed by atoms with E-state index in [1.807, 2.05) is 44.2 Å². The monoisotopic (exact) mass is 527 g/mol. The van der Waals surface area contributed by atoms with Crippen LogP contribution in [0.5, 0.6) is 0 Å². The van der Waals surface area contributed by atoms with E-state index in [9.17, 15) is 4.79 Å². The summed E-state index contributed by atoms with van der Waals surface area (Å²) >= 11 is 0. The lowest BCUT2D eigenvalue weighted by atomic mass is 9.90. The number of amides is 1. The third-order valence-electron chi connectivity index (χ3n) is 8.04. The summed E-state index contributed by atoms with van der Waals surface area (Å²) in [5.41, 5.74) is 3.81. The highest BCUT2D eigenvalue weighted by Gasteiger charge is 2.45. The Morgan fingerprint density at radius 3 is 2.36 bits per heavy atom. The van der Waals surface area contributed by atoms with Crippen molar-refractivity contribution < 1.29 is 9.18 Å². The van der Waals surface area contributed by atoms with Gasteiger partial charge in [0.15, 0.2) is 17.1 Å². The number of aryl methyl sites for hydroxylation is 2. The average molecular weight is 528 g/mol. The minimum atomic E-state index is -1.80. The Bertz CT molecular complexity index is 1450. The van der Waals surface area contributed by atoms with Gasteiger partial charge in [0.1, 0.15) is 11.2 Å². The molecule has 2 aliphatic heterocycles. The van der Waals surface area contributed by atoms with Gasteiger partial charge in [-0.05, 0) is 68.7 Å². The Labute approximate surface area is 227 Å². The predicted molar refractivity (Wildman–Crippen MR) is 148 cm³/mol. The van der Waals surface area contributed by atoms with Crippen molar-refractivity contribution in [2.24, 2.45) is 0 Å². The molecule has 202 valence electrons. The number of piperidine rings is 2. The third kappa shape index (κ3) is 5.15. The molecule has 39 heavy (non-hydrogen) atoms. The van der Waals surface area contributed by atoms with Crippen LogP contribution in [0.25, 0.3) is 22.7 Å². The van der Waals surface area contributed by atoms with Gasteiger partial charge in [0.25, 0.3) is 5.91 Å². The second kappa shape index (κ2) is 10.4. The molecule has 9 heteroatoms. The van der Waals surface area contributed by atoms with Crippen molar-refractivity contribution in [1.82, 2.24) is 34.3 Å². The van der Waals surface area contributed by atoms with Gasteiger partial charge in [-0.1, -0.05) is 6.07 Å². The number of alkyl halides is 1. The molecule has 0 atom stereocenters. The molecule has 0 saturated carbocycles. The van der Waals surface area contributed by atoms with Gasteiger partial charge >= 0.3 is 0 Å². The van der Waals surface area contributed by atoms with Gasteiger partial charge in [0.2, 0.25) is 0 Å². The molecule has 2 aliphatic rings. The molecule has 0 radical (unpaired) electrons. The lowest BCUT2D eigenvalue weighted by Crippen LogP contribution is -2.53. The molecule has 4 aromatic heterocycles. The van der Waals surface area contributed by atoms with Crippen LogP contribution in [-0.4, -0.2) is 72.1 Å². The lowest BCUT2D eigenvalue weighted by molar-refractivity contribution is -0.148. The van der Waals surface area contributed by atoms with Gasteiger partial charge in [0.05, 0.1) is 0 Å². The highest BCUT2D eigenvalue weighted by molar-refractivity contribution is 5.85. The van der Waals surface area contributed by atoms with Crippen molar-refractivity contribution in [2.75, 3.05) is 26.2 Å². The number of halogens is 1. The summed E-state index contributed by atoms with van der Waals surface area (Å²) in [7, 11) is 0. The number of aromatic nitrogens is 5. The molecule has 1 amide bonds. The van der Waals surface area contributed by atoms with Crippen LogP contribution in [0.1, 0.15) is 48.7 Å². The van der Waals surface area contributed by atoms with E-state index in [1.165, 1.54) is 5.56 Å². The first-order chi connectivity index (χ1) is 18.9. The van der Waals surface area contributed by atoms with E-state index < -0.39 is 5.67 Å². The number of pyridine rings is 3. The normalized spacial score (nSPS) is 18.5. The van der Waals surface area contributed by atoms with E-state index in [2.05, 4.69) is 36.6 Å². The summed E-state index contributed by atoms with van der Waals surface area (Å²) < 4.78 is 18.2. The zero-order chi connectivity index (χ0) is 27.0. The summed E-state index contributed by atoms with van der Waals surface area (Å²) in [4.78, 5) is 35.8. The number of carbonyl (C=O) groups excluding carboxylic acids is 1. The lowest BCUT2D eigenvalue weighted by Gasteiger charge is -2.40. The fourth-order valence-electron chi connectivity index (χ4n) is 6.11. The maximum absolute atomic E-state index is 16.0. The second-order valence-corrected chi connectivity index (χ2v) is 10.9.